The maximum absolute atomic E-state index is 12.8. The highest BCUT2D eigenvalue weighted by molar-refractivity contribution is 5.84. The van der Waals surface area contributed by atoms with E-state index in [1.807, 2.05) is 6.92 Å². The average Bonchev–Trinajstić information content (AvgIpc) is 2.28. The summed E-state index contributed by atoms with van der Waals surface area (Å²) in [5, 5.41) is 0.475. The van der Waals surface area contributed by atoms with Crippen molar-refractivity contribution < 1.29 is 13.2 Å². The lowest BCUT2D eigenvalue weighted by Crippen LogP contribution is -2.08. The third-order valence-corrected chi connectivity index (χ3v) is 2.78. The van der Waals surface area contributed by atoms with E-state index in [4.69, 9.17) is 5.73 Å². The van der Waals surface area contributed by atoms with Crippen LogP contribution in [0.2, 0.25) is 0 Å². The number of fused-ring (bicyclic) bond motifs is 1. The smallest absolute Gasteiger partial charge is 0.383 e. The third-order valence-electron chi connectivity index (χ3n) is 2.78. The van der Waals surface area contributed by atoms with Gasteiger partial charge in [-0.3, -0.25) is 0 Å². The molecule has 1 heterocycles. The fraction of sp³-hybridized carbons (Fsp3) is 0.308. The summed E-state index contributed by atoms with van der Waals surface area (Å²) in [6, 6.07) is 5.72. The molecule has 0 aliphatic carbocycles. The van der Waals surface area contributed by atoms with Gasteiger partial charge in [-0.2, -0.15) is 13.2 Å². The quantitative estimate of drug-likeness (QED) is 0.885. The summed E-state index contributed by atoms with van der Waals surface area (Å²) in [4.78, 5) is 3.92. The normalized spacial score (nSPS) is 12.0. The molecule has 2 aromatic rings. The first-order valence-electron chi connectivity index (χ1n) is 5.68. The topological polar surface area (TPSA) is 38.9 Å². The predicted molar refractivity (Wildman–Crippen MR) is 65.2 cm³/mol. The Morgan fingerprint density at radius 2 is 2.00 bits per heavy atom. The van der Waals surface area contributed by atoms with E-state index in [9.17, 15) is 13.2 Å². The van der Waals surface area contributed by atoms with Crippen LogP contribution in [0.3, 0.4) is 0 Å². The SMILES string of the molecule is CCCc1cc2cccc(C(F)(F)F)c2nc1N. The number of aryl methyl sites for hydroxylation is 1. The minimum Gasteiger partial charge on any atom is -0.383 e. The fourth-order valence-electron chi connectivity index (χ4n) is 1.95. The molecule has 1 aromatic carbocycles. The number of nitrogens with two attached hydrogens (primary N) is 1. The number of halogens is 3. The van der Waals surface area contributed by atoms with Crippen molar-refractivity contribution in [1.29, 1.82) is 0 Å². The van der Waals surface area contributed by atoms with E-state index in [1.165, 1.54) is 6.07 Å². The molecule has 18 heavy (non-hydrogen) atoms. The largest absolute Gasteiger partial charge is 0.418 e. The molecule has 0 aliphatic rings. The molecule has 0 amide bonds. The van der Waals surface area contributed by atoms with Gasteiger partial charge in [0.25, 0.3) is 0 Å². The number of benzene rings is 1. The van der Waals surface area contributed by atoms with Gasteiger partial charge in [-0.05, 0) is 24.1 Å². The van der Waals surface area contributed by atoms with Gasteiger partial charge in [-0.25, -0.2) is 4.98 Å². The lowest BCUT2D eigenvalue weighted by molar-refractivity contribution is -0.136. The van der Waals surface area contributed by atoms with E-state index in [1.54, 1.807) is 12.1 Å². The minimum absolute atomic E-state index is 0.0812. The maximum atomic E-state index is 12.8. The number of pyridine rings is 1. The second-order valence-corrected chi connectivity index (χ2v) is 4.16. The number of nitrogen functional groups attached to an aromatic ring is 1. The Labute approximate surface area is 103 Å². The number of hydrogen-bond acceptors (Lipinski definition) is 2. The van der Waals surface area contributed by atoms with Crippen LogP contribution >= 0.6 is 0 Å². The van der Waals surface area contributed by atoms with Crippen LogP contribution in [0.25, 0.3) is 10.9 Å². The second-order valence-electron chi connectivity index (χ2n) is 4.16. The number of nitrogens with zero attached hydrogens (tertiary/aromatic N) is 1. The zero-order valence-corrected chi connectivity index (χ0v) is 9.88. The van der Waals surface area contributed by atoms with Crippen LogP contribution in [0, 0.1) is 0 Å². The van der Waals surface area contributed by atoms with Gasteiger partial charge in [0.15, 0.2) is 0 Å². The van der Waals surface area contributed by atoms with Gasteiger partial charge >= 0.3 is 6.18 Å². The lowest BCUT2D eigenvalue weighted by Gasteiger charge is -2.12. The Morgan fingerprint density at radius 1 is 1.28 bits per heavy atom. The van der Waals surface area contributed by atoms with Crippen molar-refractivity contribution in [3.8, 4) is 0 Å². The Bertz CT molecular complexity index is 576. The number of para-hydroxylation sites is 1. The highest BCUT2D eigenvalue weighted by atomic mass is 19.4. The van der Waals surface area contributed by atoms with E-state index >= 15 is 0 Å². The first-order valence-corrected chi connectivity index (χ1v) is 5.68. The van der Waals surface area contributed by atoms with E-state index in [-0.39, 0.29) is 11.3 Å². The van der Waals surface area contributed by atoms with Crippen LogP contribution in [0.15, 0.2) is 24.3 Å². The second kappa shape index (κ2) is 4.48. The summed E-state index contributed by atoms with van der Waals surface area (Å²) < 4.78 is 38.5. The fourth-order valence-corrected chi connectivity index (χ4v) is 1.95. The van der Waals surface area contributed by atoms with Crippen molar-refractivity contribution in [2.75, 3.05) is 5.73 Å². The Kier molecular flexibility index (Phi) is 3.15. The Morgan fingerprint density at radius 3 is 2.61 bits per heavy atom. The van der Waals surface area contributed by atoms with Crippen LogP contribution in [0.1, 0.15) is 24.5 Å². The summed E-state index contributed by atoms with van der Waals surface area (Å²) in [5.74, 6) is 0.182. The molecule has 0 bridgehead atoms. The minimum atomic E-state index is -4.41. The molecule has 0 radical (unpaired) electrons. The molecule has 2 rings (SSSR count). The Hall–Kier alpha value is -1.78. The Balaban J connectivity index is 2.68. The van der Waals surface area contributed by atoms with E-state index < -0.39 is 11.7 Å². The number of rotatable bonds is 2. The van der Waals surface area contributed by atoms with E-state index in [0.29, 0.717) is 11.8 Å². The molecular formula is C13H13F3N2. The maximum Gasteiger partial charge on any atom is 0.418 e. The van der Waals surface area contributed by atoms with Crippen LogP contribution < -0.4 is 5.73 Å². The van der Waals surface area contributed by atoms with E-state index in [2.05, 4.69) is 4.98 Å². The van der Waals surface area contributed by atoms with Gasteiger partial charge < -0.3 is 5.73 Å². The summed E-state index contributed by atoms with van der Waals surface area (Å²) in [6.45, 7) is 1.98. The molecule has 5 heteroatoms. The van der Waals surface area contributed by atoms with Crippen molar-refractivity contribution in [2.45, 2.75) is 25.9 Å². The van der Waals surface area contributed by atoms with Gasteiger partial charge in [0.1, 0.15) is 5.82 Å². The van der Waals surface area contributed by atoms with E-state index in [0.717, 1.165) is 18.1 Å². The third kappa shape index (κ3) is 2.25. The zero-order valence-electron chi connectivity index (χ0n) is 9.88. The van der Waals surface area contributed by atoms with Gasteiger partial charge in [0.2, 0.25) is 0 Å². The van der Waals surface area contributed by atoms with Crippen LogP contribution in [0.5, 0.6) is 0 Å². The number of alkyl halides is 3. The summed E-state index contributed by atoms with van der Waals surface area (Å²) >= 11 is 0. The highest BCUT2D eigenvalue weighted by Gasteiger charge is 2.33. The van der Waals surface area contributed by atoms with Crippen LogP contribution in [-0.4, -0.2) is 4.98 Å². The molecule has 0 fully saturated rings. The van der Waals surface area contributed by atoms with Gasteiger partial charge in [0, 0.05) is 5.39 Å². The number of aromatic nitrogens is 1. The molecular weight excluding hydrogens is 241 g/mol. The summed E-state index contributed by atoms with van der Waals surface area (Å²) in [7, 11) is 0. The van der Waals surface area contributed by atoms with Gasteiger partial charge in [-0.15, -0.1) is 0 Å². The molecule has 0 saturated heterocycles. The van der Waals surface area contributed by atoms with Gasteiger partial charge in [0.05, 0.1) is 11.1 Å². The first kappa shape index (κ1) is 12.7. The zero-order chi connectivity index (χ0) is 13.3. The standard InChI is InChI=1S/C13H13F3N2/c1-2-4-9-7-8-5-3-6-10(13(14,15)16)11(8)18-12(9)17/h3,5-7H,2,4H2,1H3,(H2,17,18). The predicted octanol–water partition coefficient (Wildman–Crippen LogP) is 3.79. The number of anilines is 1. The molecule has 0 atom stereocenters. The van der Waals surface area contributed by atoms with Crippen LogP contribution in [-0.2, 0) is 12.6 Å². The molecule has 0 saturated carbocycles. The van der Waals surface area contributed by atoms with Gasteiger partial charge in [-0.1, -0.05) is 25.5 Å². The number of hydrogen-bond donors (Lipinski definition) is 1. The molecule has 1 aromatic heterocycles. The molecule has 0 unspecified atom stereocenters. The van der Waals surface area contributed by atoms with Crippen molar-refractivity contribution in [2.24, 2.45) is 0 Å². The van der Waals surface area contributed by atoms with Crippen molar-refractivity contribution >= 4 is 16.7 Å². The molecule has 96 valence electrons. The monoisotopic (exact) mass is 254 g/mol. The lowest BCUT2D eigenvalue weighted by atomic mass is 10.0. The summed E-state index contributed by atoms with van der Waals surface area (Å²) in [5.41, 5.74) is 5.68. The molecule has 0 aliphatic heterocycles. The summed E-state index contributed by atoms with van der Waals surface area (Å²) in [6.07, 6.45) is -2.83. The molecule has 2 N–H and O–H groups in total. The van der Waals surface area contributed by atoms with Crippen molar-refractivity contribution in [1.82, 2.24) is 4.98 Å². The molecule has 2 nitrogen and oxygen atoms in total. The average molecular weight is 254 g/mol. The van der Waals surface area contributed by atoms with Crippen molar-refractivity contribution in [3.05, 3.63) is 35.4 Å². The van der Waals surface area contributed by atoms with Crippen LogP contribution in [0.4, 0.5) is 19.0 Å². The molecule has 0 spiro atoms. The van der Waals surface area contributed by atoms with Crippen molar-refractivity contribution in [3.63, 3.8) is 0 Å². The highest BCUT2D eigenvalue weighted by Crippen LogP contribution is 2.34. The first-order chi connectivity index (χ1) is 8.43.